The van der Waals surface area contributed by atoms with Gasteiger partial charge in [0.15, 0.2) is 0 Å². The maximum atomic E-state index is 3.45. The molecule has 56 valence electrons. The Morgan fingerprint density at radius 1 is 1.56 bits per heavy atom. The summed E-state index contributed by atoms with van der Waals surface area (Å²) in [5.41, 5.74) is 0. The van der Waals surface area contributed by atoms with E-state index in [2.05, 4.69) is 41.5 Å². The van der Waals surface area contributed by atoms with E-state index in [1.807, 2.05) is 0 Å². The van der Waals surface area contributed by atoms with Crippen LogP contribution in [0.4, 0.5) is 0 Å². The van der Waals surface area contributed by atoms with Crippen molar-refractivity contribution in [3.63, 3.8) is 0 Å². The van der Waals surface area contributed by atoms with Crippen LogP contribution in [0, 0.1) is 5.92 Å². The summed E-state index contributed by atoms with van der Waals surface area (Å²) in [5, 5.41) is 1.14. The average molecular weight is 211 g/mol. The maximum Gasteiger partial charge on any atom is 0.00649 e. The molecule has 1 atom stereocenters. The lowest BCUT2D eigenvalue weighted by molar-refractivity contribution is 0.770. The van der Waals surface area contributed by atoms with E-state index in [1.165, 1.54) is 17.9 Å². The quantitative estimate of drug-likeness (QED) is 0.497. The molecule has 0 fully saturated rings. The van der Waals surface area contributed by atoms with Crippen LogP contribution in [0.5, 0.6) is 0 Å². The van der Waals surface area contributed by atoms with Crippen molar-refractivity contribution < 1.29 is 0 Å². The summed E-state index contributed by atoms with van der Waals surface area (Å²) in [6.07, 6.45) is 1.31. The van der Waals surface area contributed by atoms with Crippen LogP contribution >= 0.6 is 27.7 Å². The van der Waals surface area contributed by atoms with Crippen molar-refractivity contribution in [2.24, 2.45) is 5.92 Å². The van der Waals surface area contributed by atoms with E-state index < -0.39 is 0 Å². The molecule has 0 saturated carbocycles. The number of hydrogen-bond donors (Lipinski definition) is 0. The van der Waals surface area contributed by atoms with Crippen molar-refractivity contribution in [2.75, 3.05) is 16.8 Å². The topological polar surface area (TPSA) is 0 Å². The molecule has 0 aliphatic carbocycles. The highest BCUT2D eigenvalue weighted by molar-refractivity contribution is 9.09. The van der Waals surface area contributed by atoms with Gasteiger partial charge in [0.2, 0.25) is 0 Å². The minimum Gasteiger partial charge on any atom is -0.162 e. The van der Waals surface area contributed by atoms with Crippen LogP contribution in [-0.2, 0) is 0 Å². The van der Waals surface area contributed by atoms with Crippen LogP contribution in [0.3, 0.4) is 0 Å². The molecule has 0 radical (unpaired) electrons. The molecule has 0 aromatic carbocycles. The van der Waals surface area contributed by atoms with Gasteiger partial charge in [-0.1, -0.05) is 29.8 Å². The van der Waals surface area contributed by atoms with Crippen molar-refractivity contribution >= 4 is 27.7 Å². The Bertz CT molecular complexity index is 56.9. The normalized spacial score (nSPS) is 13.7. The van der Waals surface area contributed by atoms with Crippen molar-refractivity contribution in [1.29, 1.82) is 0 Å². The summed E-state index contributed by atoms with van der Waals surface area (Å²) in [7, 11) is 0. The molecule has 0 nitrogen and oxygen atoms in total. The average Bonchev–Trinajstić information content (AvgIpc) is 1.89. The summed E-state index contributed by atoms with van der Waals surface area (Å²) in [6.45, 7) is 4.50. The highest BCUT2D eigenvalue weighted by Gasteiger charge is 1.97. The highest BCUT2D eigenvalue weighted by atomic mass is 79.9. The maximum absolute atomic E-state index is 3.45. The molecular weight excluding hydrogens is 196 g/mol. The Hall–Kier alpha value is 0.830. The molecular formula is C7H15BrS. The predicted molar refractivity (Wildman–Crippen MR) is 50.6 cm³/mol. The number of hydrogen-bond acceptors (Lipinski definition) is 1. The first-order valence-electron chi connectivity index (χ1n) is 3.45. The number of halogens is 1. The summed E-state index contributed by atoms with van der Waals surface area (Å²) < 4.78 is 0. The summed E-state index contributed by atoms with van der Waals surface area (Å²) in [6, 6.07) is 0. The lowest BCUT2D eigenvalue weighted by atomic mass is 10.3. The third-order valence-corrected chi connectivity index (χ3v) is 3.62. The van der Waals surface area contributed by atoms with Gasteiger partial charge < -0.3 is 0 Å². The lowest BCUT2D eigenvalue weighted by Crippen LogP contribution is -1.99. The zero-order chi connectivity index (χ0) is 7.11. The standard InChI is InChI=1S/C7H15BrS/c1-3-4-9-6-7(2)5-8/h7H,3-6H2,1-2H3. The Balaban J connectivity index is 2.88. The van der Waals surface area contributed by atoms with E-state index in [0.29, 0.717) is 0 Å². The molecule has 0 rings (SSSR count). The fraction of sp³-hybridized carbons (Fsp3) is 1.00. The minimum atomic E-state index is 0.835. The van der Waals surface area contributed by atoms with Gasteiger partial charge in [0.1, 0.15) is 0 Å². The fourth-order valence-electron chi connectivity index (χ4n) is 0.473. The Kier molecular flexibility index (Phi) is 7.58. The molecule has 0 spiro atoms. The van der Waals surface area contributed by atoms with Gasteiger partial charge in [0.25, 0.3) is 0 Å². The summed E-state index contributed by atoms with van der Waals surface area (Å²) in [4.78, 5) is 0. The lowest BCUT2D eigenvalue weighted by Gasteiger charge is -2.04. The van der Waals surface area contributed by atoms with Gasteiger partial charge in [-0.05, 0) is 23.8 Å². The molecule has 0 amide bonds. The van der Waals surface area contributed by atoms with E-state index in [-0.39, 0.29) is 0 Å². The first kappa shape index (κ1) is 9.83. The van der Waals surface area contributed by atoms with E-state index >= 15 is 0 Å². The van der Waals surface area contributed by atoms with Crippen LogP contribution in [-0.4, -0.2) is 16.8 Å². The van der Waals surface area contributed by atoms with Gasteiger partial charge in [-0.3, -0.25) is 0 Å². The molecule has 0 heterocycles. The molecule has 2 heteroatoms. The van der Waals surface area contributed by atoms with Crippen molar-refractivity contribution in [3.8, 4) is 0 Å². The first-order chi connectivity index (χ1) is 4.31. The van der Waals surface area contributed by atoms with Crippen LogP contribution < -0.4 is 0 Å². The van der Waals surface area contributed by atoms with Crippen molar-refractivity contribution in [3.05, 3.63) is 0 Å². The molecule has 0 aromatic rings. The largest absolute Gasteiger partial charge is 0.162 e. The first-order valence-corrected chi connectivity index (χ1v) is 5.72. The highest BCUT2D eigenvalue weighted by Crippen LogP contribution is 2.10. The van der Waals surface area contributed by atoms with Crippen LogP contribution in [0.2, 0.25) is 0 Å². The van der Waals surface area contributed by atoms with Gasteiger partial charge in [0, 0.05) is 5.33 Å². The van der Waals surface area contributed by atoms with E-state index in [9.17, 15) is 0 Å². The fourth-order valence-corrected chi connectivity index (χ4v) is 1.98. The molecule has 0 aliphatic rings. The van der Waals surface area contributed by atoms with Crippen LogP contribution in [0.15, 0.2) is 0 Å². The molecule has 0 aliphatic heterocycles. The van der Waals surface area contributed by atoms with Gasteiger partial charge in [-0.15, -0.1) is 0 Å². The second kappa shape index (κ2) is 6.94. The summed E-state index contributed by atoms with van der Waals surface area (Å²) >= 11 is 5.51. The number of thioether (sulfide) groups is 1. The molecule has 0 N–H and O–H groups in total. The third kappa shape index (κ3) is 6.72. The molecule has 0 bridgehead atoms. The van der Waals surface area contributed by atoms with Gasteiger partial charge >= 0.3 is 0 Å². The SMILES string of the molecule is CCCSCC(C)CBr. The molecule has 0 aromatic heterocycles. The second-order valence-electron chi connectivity index (χ2n) is 2.33. The van der Waals surface area contributed by atoms with Crippen LogP contribution in [0.25, 0.3) is 0 Å². The second-order valence-corrected chi connectivity index (χ2v) is 4.13. The zero-order valence-electron chi connectivity index (χ0n) is 6.19. The number of alkyl halides is 1. The Morgan fingerprint density at radius 3 is 2.67 bits per heavy atom. The van der Waals surface area contributed by atoms with Gasteiger partial charge in [-0.25, -0.2) is 0 Å². The van der Waals surface area contributed by atoms with E-state index in [1.54, 1.807) is 0 Å². The molecule has 1 unspecified atom stereocenters. The Morgan fingerprint density at radius 2 is 2.22 bits per heavy atom. The van der Waals surface area contributed by atoms with E-state index in [0.717, 1.165) is 11.2 Å². The van der Waals surface area contributed by atoms with Crippen molar-refractivity contribution in [1.82, 2.24) is 0 Å². The summed E-state index contributed by atoms with van der Waals surface area (Å²) in [5.74, 6) is 3.46. The van der Waals surface area contributed by atoms with E-state index in [4.69, 9.17) is 0 Å². The molecule has 9 heavy (non-hydrogen) atoms. The predicted octanol–water partition coefficient (Wildman–Crippen LogP) is 3.16. The smallest absolute Gasteiger partial charge is 0.00649 e. The van der Waals surface area contributed by atoms with Crippen LogP contribution in [0.1, 0.15) is 20.3 Å². The molecule has 0 saturated heterocycles. The zero-order valence-corrected chi connectivity index (χ0v) is 8.59. The van der Waals surface area contributed by atoms with Gasteiger partial charge in [-0.2, -0.15) is 11.8 Å². The monoisotopic (exact) mass is 210 g/mol. The minimum absolute atomic E-state index is 0.835. The Labute approximate surface area is 70.9 Å². The third-order valence-electron chi connectivity index (χ3n) is 1.01. The number of rotatable bonds is 5. The van der Waals surface area contributed by atoms with Gasteiger partial charge in [0.05, 0.1) is 0 Å². The van der Waals surface area contributed by atoms with Crippen molar-refractivity contribution in [2.45, 2.75) is 20.3 Å².